The van der Waals surface area contributed by atoms with Crippen LogP contribution >= 0.6 is 15.9 Å². The van der Waals surface area contributed by atoms with Crippen LogP contribution in [0.3, 0.4) is 0 Å². The van der Waals surface area contributed by atoms with Crippen LogP contribution in [0.5, 0.6) is 17.2 Å². The molecule has 2 aromatic carbocycles. The minimum Gasteiger partial charge on any atom is -0.478 e. The van der Waals surface area contributed by atoms with Crippen molar-refractivity contribution in [1.29, 1.82) is 0 Å². The third kappa shape index (κ3) is 6.04. The minimum atomic E-state index is -4.97. The molecule has 4 rings (SSSR count). The van der Waals surface area contributed by atoms with Crippen molar-refractivity contribution in [3.8, 4) is 22.9 Å². The van der Waals surface area contributed by atoms with Crippen molar-refractivity contribution < 1.29 is 36.6 Å². The number of carbonyl (C=O) groups excluding carboxylic acids is 1. The molecule has 1 aliphatic carbocycles. The van der Waals surface area contributed by atoms with Gasteiger partial charge in [0.05, 0.1) is 16.8 Å². The number of esters is 1. The molecule has 1 aromatic heterocycles. The normalized spacial score (nSPS) is 13.4. The van der Waals surface area contributed by atoms with E-state index in [1.165, 1.54) is 12.1 Å². The van der Waals surface area contributed by atoms with E-state index in [1.807, 2.05) is 0 Å². The molecule has 3 aromatic rings. The van der Waals surface area contributed by atoms with Crippen LogP contribution in [0.25, 0.3) is 5.69 Å². The summed E-state index contributed by atoms with van der Waals surface area (Å²) in [5, 5.41) is 0. The summed E-state index contributed by atoms with van der Waals surface area (Å²) in [6.45, 7) is -0.0612. The zero-order valence-corrected chi connectivity index (χ0v) is 20.8. The maximum atomic E-state index is 14.8. The maximum absolute atomic E-state index is 14.8. The fourth-order valence-corrected chi connectivity index (χ4v) is 3.73. The van der Waals surface area contributed by atoms with Crippen LogP contribution in [0.4, 0.5) is 17.6 Å². The number of para-hydroxylation sites is 2. The second-order valence-electron chi connectivity index (χ2n) is 8.24. The average molecular weight is 587 g/mol. The number of alkyl halides is 3. The molecule has 0 radical (unpaired) electrons. The van der Waals surface area contributed by atoms with Crippen molar-refractivity contribution >= 4 is 21.9 Å². The minimum absolute atomic E-state index is 0.0733. The van der Waals surface area contributed by atoms with Crippen LogP contribution in [0.15, 0.2) is 56.5 Å². The zero-order chi connectivity index (χ0) is 26.9. The number of hydrogen-bond donors (Lipinski definition) is 0. The molecule has 196 valence electrons. The molecule has 37 heavy (non-hydrogen) atoms. The third-order valence-electron chi connectivity index (χ3n) is 5.44. The Balaban J connectivity index is 1.64. The Bertz CT molecular complexity index is 1460. The highest BCUT2D eigenvalue weighted by atomic mass is 79.9. The number of halogens is 5. The van der Waals surface area contributed by atoms with E-state index in [0.717, 1.165) is 32.0 Å². The van der Waals surface area contributed by atoms with E-state index >= 15 is 0 Å². The average Bonchev–Trinajstić information content (AvgIpc) is 3.66. The maximum Gasteiger partial charge on any atom is 0.431 e. The van der Waals surface area contributed by atoms with Gasteiger partial charge in [-0.05, 0) is 52.9 Å². The van der Waals surface area contributed by atoms with E-state index in [-0.39, 0.29) is 43.5 Å². The van der Waals surface area contributed by atoms with E-state index in [4.69, 9.17) is 14.2 Å². The molecule has 0 unspecified atom stereocenters. The van der Waals surface area contributed by atoms with Crippen LogP contribution in [0, 0.1) is 11.7 Å². The number of ether oxygens (including phenoxy) is 3. The third-order valence-corrected chi connectivity index (χ3v) is 6.06. The summed E-state index contributed by atoms with van der Waals surface area (Å²) in [6.07, 6.45) is -2.93. The Hall–Kier alpha value is -3.61. The zero-order valence-electron chi connectivity index (χ0n) is 19.2. The van der Waals surface area contributed by atoms with E-state index < -0.39 is 40.6 Å². The van der Waals surface area contributed by atoms with Crippen molar-refractivity contribution in [1.82, 2.24) is 9.13 Å². The first-order valence-corrected chi connectivity index (χ1v) is 11.7. The molecular formula is C24H19BrF4N2O6. The molecule has 0 saturated heterocycles. The summed E-state index contributed by atoms with van der Waals surface area (Å²) in [6, 6.07) is 8.30. The number of aromatic nitrogens is 2. The Morgan fingerprint density at radius 2 is 1.76 bits per heavy atom. The Morgan fingerprint density at radius 3 is 2.41 bits per heavy atom. The first-order chi connectivity index (χ1) is 17.5. The molecule has 13 heteroatoms. The summed E-state index contributed by atoms with van der Waals surface area (Å²) >= 11 is 3.13. The summed E-state index contributed by atoms with van der Waals surface area (Å²) in [7, 11) is 0.818. The molecule has 8 nitrogen and oxygen atoms in total. The second-order valence-corrected chi connectivity index (χ2v) is 9.09. The largest absolute Gasteiger partial charge is 0.478 e. The van der Waals surface area contributed by atoms with Gasteiger partial charge in [-0.1, -0.05) is 12.1 Å². The number of hydrogen-bond acceptors (Lipinski definition) is 6. The van der Waals surface area contributed by atoms with Gasteiger partial charge in [0.25, 0.3) is 5.56 Å². The lowest BCUT2D eigenvalue weighted by atomic mass is 10.2. The summed E-state index contributed by atoms with van der Waals surface area (Å²) in [5.41, 5.74) is -4.88. The lowest BCUT2D eigenvalue weighted by Crippen LogP contribution is -2.41. The second kappa shape index (κ2) is 10.4. The van der Waals surface area contributed by atoms with Crippen LogP contribution in [-0.4, -0.2) is 28.3 Å². The van der Waals surface area contributed by atoms with Crippen LogP contribution in [0.1, 0.15) is 18.5 Å². The molecule has 1 heterocycles. The topological polar surface area (TPSA) is 88.8 Å². The quantitative estimate of drug-likeness (QED) is 0.283. The summed E-state index contributed by atoms with van der Waals surface area (Å²) in [5.74, 6) is -1.09. The van der Waals surface area contributed by atoms with Gasteiger partial charge in [-0.25, -0.2) is 18.5 Å². The van der Waals surface area contributed by atoms with Gasteiger partial charge in [0.2, 0.25) is 0 Å². The van der Waals surface area contributed by atoms with Crippen molar-refractivity contribution in [2.45, 2.75) is 19.0 Å². The van der Waals surface area contributed by atoms with Gasteiger partial charge in [0, 0.05) is 19.2 Å². The highest BCUT2D eigenvalue weighted by Gasteiger charge is 2.35. The van der Waals surface area contributed by atoms with E-state index in [1.54, 1.807) is 12.1 Å². The number of nitrogens with zero attached hydrogens (tertiary/aromatic N) is 2. The predicted molar refractivity (Wildman–Crippen MR) is 126 cm³/mol. The van der Waals surface area contributed by atoms with Crippen molar-refractivity contribution in [3.63, 3.8) is 0 Å². The predicted octanol–water partition coefficient (Wildman–Crippen LogP) is 4.58. The SMILES string of the molecule is Cn1c(C(F)(F)F)cc(=O)n(-c2cc(Oc3ccccc3OCC(=O)OCC3CC3)c(Br)cc2F)c1=O. The number of benzene rings is 2. The summed E-state index contributed by atoms with van der Waals surface area (Å²) < 4.78 is 71.3. The Kier molecular flexibility index (Phi) is 7.44. The molecule has 1 aliphatic rings. The van der Waals surface area contributed by atoms with Gasteiger partial charge in [-0.2, -0.15) is 13.2 Å². The van der Waals surface area contributed by atoms with E-state index in [2.05, 4.69) is 15.9 Å². The first kappa shape index (κ1) is 26.5. The monoisotopic (exact) mass is 586 g/mol. The van der Waals surface area contributed by atoms with Gasteiger partial charge in [-0.3, -0.25) is 9.36 Å². The molecule has 0 aliphatic heterocycles. The number of rotatable bonds is 8. The highest BCUT2D eigenvalue weighted by Crippen LogP contribution is 2.37. The van der Waals surface area contributed by atoms with Crippen LogP contribution in [-0.2, 0) is 22.8 Å². The van der Waals surface area contributed by atoms with Crippen LogP contribution < -0.4 is 20.7 Å². The molecule has 1 fully saturated rings. The van der Waals surface area contributed by atoms with Gasteiger partial charge in [0.1, 0.15) is 17.3 Å². The molecule has 1 saturated carbocycles. The smallest absolute Gasteiger partial charge is 0.431 e. The van der Waals surface area contributed by atoms with Gasteiger partial charge >= 0.3 is 17.8 Å². The Morgan fingerprint density at radius 1 is 1.08 bits per heavy atom. The number of carbonyl (C=O) groups is 1. The van der Waals surface area contributed by atoms with Gasteiger partial charge in [0.15, 0.2) is 18.1 Å². The lowest BCUT2D eigenvalue weighted by Gasteiger charge is -2.16. The van der Waals surface area contributed by atoms with Crippen molar-refractivity contribution in [3.05, 3.63) is 79.3 Å². The lowest BCUT2D eigenvalue weighted by molar-refractivity contribution is -0.146. The highest BCUT2D eigenvalue weighted by molar-refractivity contribution is 9.10. The molecule has 0 atom stereocenters. The fraction of sp³-hybridized carbons (Fsp3) is 0.292. The van der Waals surface area contributed by atoms with Crippen LogP contribution in [0.2, 0.25) is 0 Å². The van der Waals surface area contributed by atoms with Gasteiger partial charge in [-0.15, -0.1) is 0 Å². The fourth-order valence-electron chi connectivity index (χ4n) is 3.33. The van der Waals surface area contributed by atoms with E-state index in [0.29, 0.717) is 12.5 Å². The molecule has 0 N–H and O–H groups in total. The van der Waals surface area contributed by atoms with Gasteiger partial charge < -0.3 is 14.2 Å². The molecule has 0 amide bonds. The standard InChI is InChI=1S/C24H19BrF4N2O6/c1-30-20(24(27,28)29)10-21(32)31(23(30)34)16-9-19(14(25)8-15(16)26)37-18-5-3-2-4-17(18)35-12-22(33)36-11-13-6-7-13/h2-5,8-10,13H,6-7,11-12H2,1H3. The molecule has 0 spiro atoms. The molecular weight excluding hydrogens is 568 g/mol. The Labute approximate surface area is 215 Å². The van der Waals surface area contributed by atoms with Crippen molar-refractivity contribution in [2.24, 2.45) is 13.0 Å². The van der Waals surface area contributed by atoms with Crippen molar-refractivity contribution in [2.75, 3.05) is 13.2 Å². The first-order valence-electron chi connectivity index (χ1n) is 10.9. The molecule has 0 bridgehead atoms. The van der Waals surface area contributed by atoms with E-state index in [9.17, 15) is 31.9 Å². The summed E-state index contributed by atoms with van der Waals surface area (Å²) in [4.78, 5) is 37.0.